The van der Waals surface area contributed by atoms with Gasteiger partial charge in [-0.05, 0) is 25.0 Å². The summed E-state index contributed by atoms with van der Waals surface area (Å²) in [5.74, 6) is -0.0845. The maximum atomic E-state index is 12.9. The van der Waals surface area contributed by atoms with E-state index in [1.54, 1.807) is 27.8 Å². The number of carbonyl (C=O) groups excluding carboxylic acids is 2. The molecule has 2 amide bonds. The lowest BCUT2D eigenvalue weighted by molar-refractivity contribution is -0.384. The Hall–Kier alpha value is -3.27. The maximum Gasteiger partial charge on any atom is 0.294 e. The minimum atomic E-state index is -0.492. The van der Waals surface area contributed by atoms with Crippen LogP contribution in [0.1, 0.15) is 23.2 Å². The fourth-order valence-corrected chi connectivity index (χ4v) is 3.97. The molecule has 2 aromatic rings. The summed E-state index contributed by atoms with van der Waals surface area (Å²) in [6.07, 6.45) is 6.77. The average molecular weight is 412 g/mol. The van der Waals surface area contributed by atoms with Crippen LogP contribution in [0, 0.1) is 10.1 Å². The van der Waals surface area contributed by atoms with Crippen molar-refractivity contribution in [1.82, 2.24) is 24.3 Å². The van der Waals surface area contributed by atoms with Crippen molar-refractivity contribution in [3.63, 3.8) is 0 Å². The van der Waals surface area contributed by atoms with E-state index in [-0.39, 0.29) is 23.1 Å². The fraction of sp³-hybridized carbons (Fsp3) is 0.450. The molecule has 10 heteroatoms. The predicted octanol–water partition coefficient (Wildman–Crippen LogP) is 1.16. The molecule has 1 aromatic heterocycles. The first kappa shape index (κ1) is 20.0. The SMILES string of the molecule is O=C(CN1CCN(C(=O)c2ccc(-n3ccnc3)c([N+](=O)[O-])c2)CC1)N1CCCC1. The molecule has 2 aliphatic heterocycles. The number of nitrogens with zero attached hydrogens (tertiary/aromatic N) is 6. The molecule has 10 nitrogen and oxygen atoms in total. The monoisotopic (exact) mass is 412 g/mol. The van der Waals surface area contributed by atoms with Crippen LogP contribution < -0.4 is 0 Å². The van der Waals surface area contributed by atoms with E-state index in [0.29, 0.717) is 38.4 Å². The van der Waals surface area contributed by atoms with Gasteiger partial charge in [0.2, 0.25) is 5.91 Å². The molecular formula is C20H24N6O4. The van der Waals surface area contributed by atoms with Crippen molar-refractivity contribution in [2.45, 2.75) is 12.8 Å². The minimum Gasteiger partial charge on any atom is -0.342 e. The van der Waals surface area contributed by atoms with Crippen molar-refractivity contribution >= 4 is 17.5 Å². The van der Waals surface area contributed by atoms with Gasteiger partial charge in [-0.25, -0.2) is 4.98 Å². The average Bonchev–Trinajstić information content (AvgIpc) is 3.47. The largest absolute Gasteiger partial charge is 0.342 e. The molecule has 1 aromatic carbocycles. The number of likely N-dealkylation sites (tertiary alicyclic amines) is 1. The number of carbonyl (C=O) groups is 2. The van der Waals surface area contributed by atoms with Crippen LogP contribution in [-0.2, 0) is 4.79 Å². The van der Waals surface area contributed by atoms with Crippen molar-refractivity contribution in [1.29, 1.82) is 0 Å². The smallest absolute Gasteiger partial charge is 0.294 e. The Labute approximate surface area is 173 Å². The van der Waals surface area contributed by atoms with Crippen LogP contribution in [0.3, 0.4) is 0 Å². The van der Waals surface area contributed by atoms with E-state index in [1.165, 1.54) is 18.6 Å². The molecule has 0 N–H and O–H groups in total. The van der Waals surface area contributed by atoms with Crippen LogP contribution in [0.25, 0.3) is 5.69 Å². The highest BCUT2D eigenvalue weighted by Crippen LogP contribution is 2.25. The third-order valence-electron chi connectivity index (χ3n) is 5.68. The summed E-state index contributed by atoms with van der Waals surface area (Å²) in [7, 11) is 0. The summed E-state index contributed by atoms with van der Waals surface area (Å²) >= 11 is 0. The number of nitro benzene ring substituents is 1. The van der Waals surface area contributed by atoms with E-state index < -0.39 is 4.92 Å². The molecule has 0 spiro atoms. The predicted molar refractivity (Wildman–Crippen MR) is 108 cm³/mol. The quantitative estimate of drug-likeness (QED) is 0.539. The lowest BCUT2D eigenvalue weighted by atomic mass is 10.1. The lowest BCUT2D eigenvalue weighted by Gasteiger charge is -2.35. The first-order chi connectivity index (χ1) is 14.5. The van der Waals surface area contributed by atoms with Gasteiger partial charge in [-0.1, -0.05) is 0 Å². The van der Waals surface area contributed by atoms with Crippen LogP contribution >= 0.6 is 0 Å². The molecule has 158 valence electrons. The highest BCUT2D eigenvalue weighted by atomic mass is 16.6. The maximum absolute atomic E-state index is 12.9. The van der Waals surface area contributed by atoms with E-state index in [9.17, 15) is 19.7 Å². The van der Waals surface area contributed by atoms with Crippen molar-refractivity contribution in [2.75, 3.05) is 45.8 Å². The summed E-state index contributed by atoms with van der Waals surface area (Å²) in [4.78, 5) is 45.8. The number of rotatable bonds is 5. The van der Waals surface area contributed by atoms with Crippen molar-refractivity contribution in [3.8, 4) is 5.69 Å². The van der Waals surface area contributed by atoms with Gasteiger partial charge >= 0.3 is 0 Å². The Morgan fingerprint density at radius 1 is 1.03 bits per heavy atom. The molecule has 0 atom stereocenters. The second-order valence-electron chi connectivity index (χ2n) is 7.59. The van der Waals surface area contributed by atoms with Gasteiger partial charge in [0.05, 0.1) is 17.8 Å². The summed E-state index contributed by atoms with van der Waals surface area (Å²) in [6.45, 7) is 4.26. The van der Waals surface area contributed by atoms with E-state index in [2.05, 4.69) is 9.88 Å². The molecule has 0 unspecified atom stereocenters. The Morgan fingerprint density at radius 3 is 2.40 bits per heavy atom. The Morgan fingerprint density at radius 2 is 1.77 bits per heavy atom. The Kier molecular flexibility index (Phi) is 5.75. The summed E-state index contributed by atoms with van der Waals surface area (Å²) in [5, 5.41) is 11.5. The molecule has 0 bridgehead atoms. The van der Waals surface area contributed by atoms with E-state index >= 15 is 0 Å². The van der Waals surface area contributed by atoms with E-state index in [0.717, 1.165) is 25.9 Å². The van der Waals surface area contributed by atoms with Gasteiger partial charge in [0.15, 0.2) is 0 Å². The topological polar surface area (TPSA) is 105 Å². The van der Waals surface area contributed by atoms with Gasteiger partial charge in [-0.3, -0.25) is 24.6 Å². The van der Waals surface area contributed by atoms with E-state index in [4.69, 9.17) is 0 Å². The van der Waals surface area contributed by atoms with Crippen molar-refractivity contribution in [2.24, 2.45) is 0 Å². The first-order valence-corrected chi connectivity index (χ1v) is 10.1. The molecule has 0 aliphatic carbocycles. The molecule has 3 heterocycles. The Balaban J connectivity index is 1.40. The number of benzene rings is 1. The number of piperazine rings is 1. The van der Waals surface area contributed by atoms with Crippen LogP contribution in [0.5, 0.6) is 0 Å². The third-order valence-corrected chi connectivity index (χ3v) is 5.68. The van der Waals surface area contributed by atoms with E-state index in [1.807, 2.05) is 4.90 Å². The molecule has 30 heavy (non-hydrogen) atoms. The Bertz CT molecular complexity index is 931. The van der Waals surface area contributed by atoms with Gasteiger partial charge in [0, 0.05) is 63.3 Å². The van der Waals surface area contributed by atoms with Crippen LogP contribution in [-0.4, -0.2) is 86.8 Å². The highest BCUT2D eigenvalue weighted by molar-refractivity contribution is 5.95. The van der Waals surface area contributed by atoms with Gasteiger partial charge in [-0.2, -0.15) is 0 Å². The van der Waals surface area contributed by atoms with Gasteiger partial charge in [0.1, 0.15) is 5.69 Å². The molecular weight excluding hydrogens is 388 g/mol. The molecule has 2 fully saturated rings. The van der Waals surface area contributed by atoms with Crippen LogP contribution in [0.2, 0.25) is 0 Å². The molecule has 0 saturated carbocycles. The lowest BCUT2D eigenvalue weighted by Crippen LogP contribution is -2.51. The number of amides is 2. The zero-order chi connectivity index (χ0) is 21.1. The van der Waals surface area contributed by atoms with Gasteiger partial charge in [-0.15, -0.1) is 0 Å². The third kappa shape index (κ3) is 4.18. The van der Waals surface area contributed by atoms with Crippen LogP contribution in [0.15, 0.2) is 36.9 Å². The standard InChI is InChI=1S/C20H24N6O4/c27-19(23-6-1-2-7-23)14-22-9-11-24(12-10-22)20(28)16-3-4-17(18(13-16)26(29)30)25-8-5-21-15-25/h3-5,8,13,15H,1-2,6-7,9-12,14H2. The zero-order valence-corrected chi connectivity index (χ0v) is 16.6. The molecule has 0 radical (unpaired) electrons. The van der Waals surface area contributed by atoms with Crippen LogP contribution in [0.4, 0.5) is 5.69 Å². The number of hydrogen-bond acceptors (Lipinski definition) is 6. The second kappa shape index (κ2) is 8.62. The summed E-state index contributed by atoms with van der Waals surface area (Å²) < 4.78 is 1.54. The number of imidazole rings is 1. The number of aromatic nitrogens is 2. The normalized spacial score (nSPS) is 17.3. The van der Waals surface area contributed by atoms with Crippen molar-refractivity contribution < 1.29 is 14.5 Å². The zero-order valence-electron chi connectivity index (χ0n) is 16.6. The summed E-state index contributed by atoms with van der Waals surface area (Å²) in [5.41, 5.74) is 0.500. The molecule has 2 aliphatic rings. The van der Waals surface area contributed by atoms with Crippen molar-refractivity contribution in [3.05, 3.63) is 52.6 Å². The minimum absolute atomic E-state index is 0.145. The highest BCUT2D eigenvalue weighted by Gasteiger charge is 2.27. The fourth-order valence-electron chi connectivity index (χ4n) is 3.97. The molecule has 2 saturated heterocycles. The summed E-state index contributed by atoms with van der Waals surface area (Å²) in [6, 6.07) is 4.49. The molecule has 4 rings (SSSR count). The van der Waals surface area contributed by atoms with Gasteiger partial charge < -0.3 is 14.4 Å². The first-order valence-electron chi connectivity index (χ1n) is 10.1. The number of hydrogen-bond donors (Lipinski definition) is 0. The number of nitro groups is 1. The second-order valence-corrected chi connectivity index (χ2v) is 7.59. The van der Waals surface area contributed by atoms with Gasteiger partial charge in [0.25, 0.3) is 11.6 Å².